The fourth-order valence-corrected chi connectivity index (χ4v) is 2.60. The maximum Gasteiger partial charge on any atom is 0.258 e. The van der Waals surface area contributed by atoms with E-state index in [4.69, 9.17) is 4.74 Å². The molecule has 2 amide bonds. The van der Waals surface area contributed by atoms with E-state index in [1.165, 1.54) is 0 Å². The Morgan fingerprint density at radius 1 is 1.04 bits per heavy atom. The van der Waals surface area contributed by atoms with Crippen LogP contribution in [-0.4, -0.2) is 25.0 Å². The van der Waals surface area contributed by atoms with Gasteiger partial charge >= 0.3 is 0 Å². The van der Waals surface area contributed by atoms with Crippen molar-refractivity contribution in [2.24, 2.45) is 0 Å². The van der Waals surface area contributed by atoms with Crippen molar-refractivity contribution < 1.29 is 14.3 Å². The minimum Gasteiger partial charge on any atom is -0.483 e. The van der Waals surface area contributed by atoms with Crippen LogP contribution in [0.3, 0.4) is 0 Å². The Labute approximate surface area is 155 Å². The number of para-hydroxylation sites is 2. The second kappa shape index (κ2) is 9.22. The van der Waals surface area contributed by atoms with E-state index in [9.17, 15) is 9.59 Å². The number of hydrogen-bond donors (Lipinski definition) is 2. The maximum atomic E-state index is 11.9. The lowest BCUT2D eigenvalue weighted by atomic mass is 10.0. The van der Waals surface area contributed by atoms with Crippen molar-refractivity contribution in [3.63, 3.8) is 0 Å². The van der Waals surface area contributed by atoms with E-state index in [0.717, 1.165) is 10.0 Å². The molecule has 0 bridgehead atoms. The Bertz CT molecular complexity index is 747. The van der Waals surface area contributed by atoms with E-state index in [-0.39, 0.29) is 25.0 Å². The van der Waals surface area contributed by atoms with Gasteiger partial charge in [0.2, 0.25) is 5.91 Å². The molecule has 5 nitrogen and oxygen atoms in total. The van der Waals surface area contributed by atoms with E-state index < -0.39 is 0 Å². The summed E-state index contributed by atoms with van der Waals surface area (Å²) in [5, 5.41) is 5.27. The molecule has 0 atom stereocenters. The first-order valence-corrected chi connectivity index (χ1v) is 8.79. The third-order valence-electron chi connectivity index (χ3n) is 3.49. The average Bonchev–Trinajstić information content (AvgIpc) is 2.60. The molecule has 0 spiro atoms. The molecular weight excluding hydrogens is 384 g/mol. The van der Waals surface area contributed by atoms with Gasteiger partial charge in [0.1, 0.15) is 5.75 Å². The lowest BCUT2D eigenvalue weighted by Crippen LogP contribution is -2.35. The third-order valence-corrected chi connectivity index (χ3v) is 4.19. The van der Waals surface area contributed by atoms with Crippen LogP contribution in [0.15, 0.2) is 53.0 Å². The summed E-state index contributed by atoms with van der Waals surface area (Å²) in [7, 11) is 0. The molecule has 0 aliphatic rings. The van der Waals surface area contributed by atoms with Gasteiger partial charge in [0.15, 0.2) is 6.61 Å². The van der Waals surface area contributed by atoms with Crippen LogP contribution in [0.4, 0.5) is 5.69 Å². The number of carbonyl (C=O) groups is 2. The van der Waals surface area contributed by atoms with Crippen molar-refractivity contribution in [3.05, 3.63) is 58.6 Å². The molecule has 2 aromatic rings. The van der Waals surface area contributed by atoms with E-state index >= 15 is 0 Å². The Kier molecular flexibility index (Phi) is 7.01. The van der Waals surface area contributed by atoms with E-state index in [0.29, 0.717) is 17.4 Å². The number of amides is 2. The van der Waals surface area contributed by atoms with Gasteiger partial charge in [-0.1, -0.05) is 44.2 Å². The van der Waals surface area contributed by atoms with Crippen LogP contribution in [-0.2, 0) is 9.59 Å². The Morgan fingerprint density at radius 3 is 2.44 bits per heavy atom. The Morgan fingerprint density at radius 2 is 1.72 bits per heavy atom. The van der Waals surface area contributed by atoms with Crippen LogP contribution >= 0.6 is 15.9 Å². The first-order chi connectivity index (χ1) is 12.0. The molecule has 0 aromatic heterocycles. The highest BCUT2D eigenvalue weighted by Crippen LogP contribution is 2.25. The van der Waals surface area contributed by atoms with Crippen molar-refractivity contribution in [1.82, 2.24) is 5.32 Å². The highest BCUT2D eigenvalue weighted by molar-refractivity contribution is 9.10. The van der Waals surface area contributed by atoms with Gasteiger partial charge in [0.05, 0.1) is 12.2 Å². The Hall–Kier alpha value is -2.34. The second-order valence-electron chi connectivity index (χ2n) is 5.79. The number of halogens is 1. The van der Waals surface area contributed by atoms with E-state index in [1.54, 1.807) is 6.07 Å². The molecule has 25 heavy (non-hydrogen) atoms. The van der Waals surface area contributed by atoms with Crippen LogP contribution in [0.1, 0.15) is 25.3 Å². The van der Waals surface area contributed by atoms with Gasteiger partial charge in [-0.3, -0.25) is 9.59 Å². The molecule has 6 heteroatoms. The molecule has 0 fully saturated rings. The summed E-state index contributed by atoms with van der Waals surface area (Å²) in [6.07, 6.45) is 0. The van der Waals surface area contributed by atoms with Crippen LogP contribution in [0.5, 0.6) is 5.75 Å². The highest BCUT2D eigenvalue weighted by Gasteiger charge is 2.11. The van der Waals surface area contributed by atoms with Crippen molar-refractivity contribution in [2.45, 2.75) is 19.8 Å². The van der Waals surface area contributed by atoms with Crippen LogP contribution in [0, 0.1) is 0 Å². The molecule has 0 radical (unpaired) electrons. The summed E-state index contributed by atoms with van der Waals surface area (Å²) in [5.74, 6) is 0.336. The number of anilines is 1. The zero-order valence-corrected chi connectivity index (χ0v) is 15.8. The number of benzene rings is 2. The topological polar surface area (TPSA) is 67.4 Å². The third kappa shape index (κ3) is 5.90. The van der Waals surface area contributed by atoms with Crippen LogP contribution in [0.2, 0.25) is 0 Å². The molecule has 0 heterocycles. The smallest absolute Gasteiger partial charge is 0.258 e. The van der Waals surface area contributed by atoms with Crippen molar-refractivity contribution in [2.75, 3.05) is 18.5 Å². The Balaban J connectivity index is 1.79. The van der Waals surface area contributed by atoms with E-state index in [1.807, 2.05) is 42.5 Å². The molecule has 0 aliphatic heterocycles. The molecule has 0 unspecified atom stereocenters. The lowest BCUT2D eigenvalue weighted by Gasteiger charge is -2.13. The number of carbonyl (C=O) groups excluding carboxylic acids is 2. The molecular formula is C19H21BrN2O3. The quantitative estimate of drug-likeness (QED) is 0.738. The SMILES string of the molecule is CC(C)c1ccccc1OCC(=O)NCC(=O)Nc1ccccc1Br. The first kappa shape index (κ1) is 19.0. The summed E-state index contributed by atoms with van der Waals surface area (Å²) >= 11 is 3.35. The zero-order chi connectivity index (χ0) is 18.2. The van der Waals surface area contributed by atoms with Crippen molar-refractivity contribution >= 4 is 33.4 Å². The number of hydrogen-bond acceptors (Lipinski definition) is 3. The fraction of sp³-hybridized carbons (Fsp3) is 0.263. The maximum absolute atomic E-state index is 11.9. The van der Waals surface area contributed by atoms with Crippen molar-refractivity contribution in [3.8, 4) is 5.75 Å². The van der Waals surface area contributed by atoms with Crippen LogP contribution in [0.25, 0.3) is 0 Å². The standard InChI is InChI=1S/C19H21BrN2O3/c1-13(2)14-7-3-6-10-17(14)25-12-19(24)21-11-18(23)22-16-9-5-4-8-15(16)20/h3-10,13H,11-12H2,1-2H3,(H,21,24)(H,22,23). The molecule has 0 saturated heterocycles. The lowest BCUT2D eigenvalue weighted by molar-refractivity contribution is -0.125. The predicted molar refractivity (Wildman–Crippen MR) is 102 cm³/mol. The van der Waals surface area contributed by atoms with Crippen molar-refractivity contribution in [1.29, 1.82) is 0 Å². The molecule has 0 saturated carbocycles. The summed E-state index contributed by atoms with van der Waals surface area (Å²) in [6.45, 7) is 3.88. The summed E-state index contributed by atoms with van der Waals surface area (Å²) in [5.41, 5.74) is 1.70. The molecule has 2 N–H and O–H groups in total. The summed E-state index contributed by atoms with van der Waals surface area (Å²) < 4.78 is 6.36. The largest absolute Gasteiger partial charge is 0.483 e. The van der Waals surface area contributed by atoms with E-state index in [2.05, 4.69) is 40.4 Å². The van der Waals surface area contributed by atoms with Gasteiger partial charge in [-0.25, -0.2) is 0 Å². The molecule has 2 rings (SSSR count). The highest BCUT2D eigenvalue weighted by atomic mass is 79.9. The van der Waals surface area contributed by atoms with Gasteiger partial charge in [0.25, 0.3) is 5.91 Å². The monoisotopic (exact) mass is 404 g/mol. The summed E-state index contributed by atoms with van der Waals surface area (Å²) in [4.78, 5) is 23.8. The molecule has 2 aromatic carbocycles. The van der Waals surface area contributed by atoms with Gasteiger partial charge in [0, 0.05) is 4.47 Å². The second-order valence-corrected chi connectivity index (χ2v) is 6.64. The van der Waals surface area contributed by atoms with Gasteiger partial charge in [-0.15, -0.1) is 0 Å². The van der Waals surface area contributed by atoms with Gasteiger partial charge in [-0.2, -0.15) is 0 Å². The first-order valence-electron chi connectivity index (χ1n) is 8.00. The number of nitrogens with one attached hydrogen (secondary N) is 2. The normalized spacial score (nSPS) is 10.4. The van der Waals surface area contributed by atoms with Gasteiger partial charge in [-0.05, 0) is 45.6 Å². The number of rotatable bonds is 7. The van der Waals surface area contributed by atoms with Crippen LogP contribution < -0.4 is 15.4 Å². The average molecular weight is 405 g/mol. The summed E-state index contributed by atoms with van der Waals surface area (Å²) in [6, 6.07) is 14.9. The van der Waals surface area contributed by atoms with Gasteiger partial charge < -0.3 is 15.4 Å². The fourth-order valence-electron chi connectivity index (χ4n) is 2.22. The number of ether oxygens (including phenoxy) is 1. The minimum absolute atomic E-state index is 0.116. The minimum atomic E-state index is -0.346. The molecule has 132 valence electrons. The predicted octanol–water partition coefficient (Wildman–Crippen LogP) is 3.71. The molecule has 0 aliphatic carbocycles. The zero-order valence-electron chi connectivity index (χ0n) is 14.2.